The van der Waals surface area contributed by atoms with Gasteiger partial charge in [-0.2, -0.15) is 0 Å². The molecule has 1 fully saturated rings. The zero-order chi connectivity index (χ0) is 10.9. The van der Waals surface area contributed by atoms with Gasteiger partial charge < -0.3 is 14.2 Å². The minimum absolute atomic E-state index is 0.256. The smallest absolute Gasteiger partial charge is 0.148 e. The van der Waals surface area contributed by atoms with Crippen LogP contribution in [0.1, 0.15) is 26.2 Å². The van der Waals surface area contributed by atoms with Crippen molar-refractivity contribution in [3.8, 4) is 0 Å². The van der Waals surface area contributed by atoms with Crippen molar-refractivity contribution in [3.05, 3.63) is 0 Å². The molecule has 0 saturated carbocycles. The number of hydrogen-bond acceptors (Lipinski definition) is 4. The summed E-state index contributed by atoms with van der Waals surface area (Å²) in [5.41, 5.74) is 0. The Kier molecular flexibility index (Phi) is 6.92. The molecule has 0 aromatic carbocycles. The van der Waals surface area contributed by atoms with Crippen molar-refractivity contribution in [1.29, 1.82) is 0 Å². The lowest BCUT2D eigenvalue weighted by molar-refractivity contribution is -0.155. The molecule has 1 heterocycles. The van der Waals surface area contributed by atoms with Crippen molar-refractivity contribution in [2.24, 2.45) is 0 Å². The van der Waals surface area contributed by atoms with E-state index in [1.807, 2.05) is 0 Å². The largest absolute Gasteiger partial charge is 0.382 e. The summed E-state index contributed by atoms with van der Waals surface area (Å²) < 4.78 is 15.9. The number of piperidine rings is 1. The molecule has 1 atom stereocenters. The number of methoxy groups -OCH3 is 1. The van der Waals surface area contributed by atoms with E-state index in [2.05, 4.69) is 11.8 Å². The standard InChI is InChI=1S/C11H23NO3/c1-3-12-7-5-4-6-11(12)15-10-14-9-8-13-2/h11H,3-10H2,1-2H3. The number of nitrogens with zero attached hydrogens (tertiary/aromatic N) is 1. The number of rotatable bonds is 7. The topological polar surface area (TPSA) is 30.9 Å². The normalized spacial score (nSPS) is 23.2. The van der Waals surface area contributed by atoms with Crippen LogP contribution in [0.2, 0.25) is 0 Å². The summed E-state index contributed by atoms with van der Waals surface area (Å²) in [5, 5.41) is 0. The van der Waals surface area contributed by atoms with Gasteiger partial charge in [-0.15, -0.1) is 0 Å². The van der Waals surface area contributed by atoms with E-state index in [0.29, 0.717) is 20.0 Å². The molecule has 1 unspecified atom stereocenters. The highest BCUT2D eigenvalue weighted by molar-refractivity contribution is 4.68. The lowest BCUT2D eigenvalue weighted by Crippen LogP contribution is -2.41. The van der Waals surface area contributed by atoms with Gasteiger partial charge in [0.25, 0.3) is 0 Å². The van der Waals surface area contributed by atoms with Gasteiger partial charge in [0.2, 0.25) is 0 Å². The monoisotopic (exact) mass is 217 g/mol. The van der Waals surface area contributed by atoms with E-state index in [4.69, 9.17) is 14.2 Å². The van der Waals surface area contributed by atoms with Crippen molar-refractivity contribution in [1.82, 2.24) is 4.90 Å². The molecule has 0 spiro atoms. The lowest BCUT2D eigenvalue weighted by atomic mass is 10.1. The quantitative estimate of drug-likeness (QED) is 0.477. The zero-order valence-electron chi connectivity index (χ0n) is 9.91. The molecular weight excluding hydrogens is 194 g/mol. The molecule has 0 N–H and O–H groups in total. The average molecular weight is 217 g/mol. The van der Waals surface area contributed by atoms with Crippen LogP contribution in [0.15, 0.2) is 0 Å². The molecule has 90 valence electrons. The summed E-state index contributed by atoms with van der Waals surface area (Å²) in [6.45, 7) is 6.00. The van der Waals surface area contributed by atoms with Gasteiger partial charge in [-0.3, -0.25) is 4.90 Å². The van der Waals surface area contributed by atoms with Gasteiger partial charge in [0.15, 0.2) is 0 Å². The third-order valence-electron chi connectivity index (χ3n) is 2.74. The van der Waals surface area contributed by atoms with Gasteiger partial charge in [-0.1, -0.05) is 6.92 Å². The summed E-state index contributed by atoms with van der Waals surface area (Å²) >= 11 is 0. The Labute approximate surface area is 92.5 Å². The van der Waals surface area contributed by atoms with Crippen LogP contribution in [0, 0.1) is 0 Å². The third kappa shape index (κ3) is 4.93. The van der Waals surface area contributed by atoms with Crippen LogP contribution >= 0.6 is 0 Å². The molecule has 1 aliphatic rings. The van der Waals surface area contributed by atoms with Crippen LogP contribution in [-0.4, -0.2) is 51.3 Å². The summed E-state index contributed by atoms with van der Waals surface area (Å²) in [6, 6.07) is 0. The summed E-state index contributed by atoms with van der Waals surface area (Å²) in [5.74, 6) is 0. The first-order valence-corrected chi connectivity index (χ1v) is 5.80. The van der Waals surface area contributed by atoms with Gasteiger partial charge in [0, 0.05) is 13.7 Å². The van der Waals surface area contributed by atoms with Crippen LogP contribution in [0.4, 0.5) is 0 Å². The number of likely N-dealkylation sites (tertiary alicyclic amines) is 1. The predicted octanol–water partition coefficient (Wildman–Crippen LogP) is 1.46. The first kappa shape index (κ1) is 12.9. The molecule has 0 bridgehead atoms. The fourth-order valence-electron chi connectivity index (χ4n) is 1.84. The highest BCUT2D eigenvalue weighted by Gasteiger charge is 2.20. The fraction of sp³-hybridized carbons (Fsp3) is 1.00. The van der Waals surface area contributed by atoms with Crippen LogP contribution in [-0.2, 0) is 14.2 Å². The first-order chi connectivity index (χ1) is 7.38. The maximum Gasteiger partial charge on any atom is 0.148 e. The van der Waals surface area contributed by atoms with Crippen molar-refractivity contribution in [2.45, 2.75) is 32.4 Å². The van der Waals surface area contributed by atoms with Gasteiger partial charge in [0.05, 0.1) is 13.2 Å². The second-order valence-electron chi connectivity index (χ2n) is 3.76. The number of ether oxygens (including phenoxy) is 3. The lowest BCUT2D eigenvalue weighted by Gasteiger charge is -2.34. The molecule has 0 aromatic heterocycles. The van der Waals surface area contributed by atoms with Crippen LogP contribution in [0.5, 0.6) is 0 Å². The Morgan fingerprint density at radius 3 is 2.87 bits per heavy atom. The molecule has 4 heteroatoms. The SMILES string of the molecule is CCN1CCCCC1OCOCCOC. The molecule has 0 aliphatic carbocycles. The molecule has 0 radical (unpaired) electrons. The molecule has 1 rings (SSSR count). The van der Waals surface area contributed by atoms with Crippen LogP contribution < -0.4 is 0 Å². The molecular formula is C11H23NO3. The molecule has 1 aliphatic heterocycles. The van der Waals surface area contributed by atoms with E-state index in [9.17, 15) is 0 Å². The summed E-state index contributed by atoms with van der Waals surface area (Å²) in [7, 11) is 1.67. The van der Waals surface area contributed by atoms with Crippen molar-refractivity contribution >= 4 is 0 Å². The maximum atomic E-state index is 5.68. The summed E-state index contributed by atoms with van der Waals surface area (Å²) in [4.78, 5) is 2.36. The summed E-state index contributed by atoms with van der Waals surface area (Å²) in [6.07, 6.45) is 3.94. The van der Waals surface area contributed by atoms with Crippen LogP contribution in [0.3, 0.4) is 0 Å². The highest BCUT2D eigenvalue weighted by Crippen LogP contribution is 2.17. The Balaban J connectivity index is 2.07. The van der Waals surface area contributed by atoms with E-state index in [1.54, 1.807) is 7.11 Å². The average Bonchev–Trinajstić information content (AvgIpc) is 2.29. The van der Waals surface area contributed by atoms with Crippen molar-refractivity contribution < 1.29 is 14.2 Å². The van der Waals surface area contributed by atoms with Crippen molar-refractivity contribution in [2.75, 3.05) is 40.2 Å². The molecule has 0 aromatic rings. The van der Waals surface area contributed by atoms with E-state index >= 15 is 0 Å². The second-order valence-corrected chi connectivity index (χ2v) is 3.76. The van der Waals surface area contributed by atoms with E-state index in [1.165, 1.54) is 12.8 Å². The Morgan fingerprint density at radius 2 is 2.13 bits per heavy atom. The molecule has 15 heavy (non-hydrogen) atoms. The first-order valence-electron chi connectivity index (χ1n) is 5.80. The van der Waals surface area contributed by atoms with E-state index < -0.39 is 0 Å². The van der Waals surface area contributed by atoms with E-state index in [-0.39, 0.29) is 6.23 Å². The third-order valence-corrected chi connectivity index (χ3v) is 2.74. The Bertz CT molecular complexity index is 155. The highest BCUT2D eigenvalue weighted by atomic mass is 16.7. The van der Waals surface area contributed by atoms with Gasteiger partial charge in [-0.25, -0.2) is 0 Å². The predicted molar refractivity (Wildman–Crippen MR) is 58.7 cm³/mol. The zero-order valence-corrected chi connectivity index (χ0v) is 9.91. The minimum atomic E-state index is 0.256. The fourth-order valence-corrected chi connectivity index (χ4v) is 1.84. The van der Waals surface area contributed by atoms with Crippen molar-refractivity contribution in [3.63, 3.8) is 0 Å². The molecule has 4 nitrogen and oxygen atoms in total. The molecule has 0 amide bonds. The van der Waals surface area contributed by atoms with Crippen LogP contribution in [0.25, 0.3) is 0 Å². The van der Waals surface area contributed by atoms with Gasteiger partial charge in [0.1, 0.15) is 13.0 Å². The maximum absolute atomic E-state index is 5.68. The molecule has 1 saturated heterocycles. The van der Waals surface area contributed by atoms with E-state index in [0.717, 1.165) is 19.5 Å². The second kappa shape index (κ2) is 8.05. The Morgan fingerprint density at radius 1 is 1.27 bits per heavy atom. The Hall–Kier alpha value is -0.160. The minimum Gasteiger partial charge on any atom is -0.382 e. The number of hydrogen-bond donors (Lipinski definition) is 0. The van der Waals surface area contributed by atoms with Gasteiger partial charge >= 0.3 is 0 Å². The van der Waals surface area contributed by atoms with Gasteiger partial charge in [-0.05, 0) is 25.8 Å².